The lowest BCUT2D eigenvalue weighted by atomic mass is 9.96. The summed E-state index contributed by atoms with van der Waals surface area (Å²) in [7, 11) is 0. The molecule has 0 aromatic heterocycles. The molecule has 0 heterocycles. The molecule has 0 radical (unpaired) electrons. The van der Waals surface area contributed by atoms with Gasteiger partial charge in [-0.1, -0.05) is 49.6 Å². The van der Waals surface area contributed by atoms with Crippen LogP contribution in [0.5, 0.6) is 0 Å². The molecule has 0 bridgehead atoms. The van der Waals surface area contributed by atoms with Crippen molar-refractivity contribution in [1.29, 1.82) is 0 Å². The van der Waals surface area contributed by atoms with Crippen molar-refractivity contribution in [2.45, 2.75) is 45.1 Å². The Morgan fingerprint density at radius 3 is 2.11 bits per heavy atom. The maximum atomic E-state index is 10.6. The molecule has 1 aromatic rings. The largest absolute Gasteiger partial charge is 0.352 e. The van der Waals surface area contributed by atoms with Gasteiger partial charge in [-0.2, -0.15) is 0 Å². The zero-order valence-corrected chi connectivity index (χ0v) is 11.4. The van der Waals surface area contributed by atoms with Crippen molar-refractivity contribution in [3.8, 4) is 0 Å². The predicted octanol–water partition coefficient (Wildman–Crippen LogP) is 2.88. The first-order valence-corrected chi connectivity index (χ1v) is 6.71. The van der Waals surface area contributed by atoms with Crippen molar-refractivity contribution in [3.63, 3.8) is 0 Å². The molecule has 2 rings (SSSR count). The van der Waals surface area contributed by atoms with Crippen molar-refractivity contribution in [3.05, 3.63) is 35.9 Å². The Morgan fingerprint density at radius 2 is 1.68 bits per heavy atom. The first kappa shape index (κ1) is 15.2. The smallest absolute Gasteiger partial charge is 0.312 e. The fraction of sp³-hybridized carbons (Fsp3) is 0.467. The highest BCUT2D eigenvalue weighted by atomic mass is 16.2. The van der Waals surface area contributed by atoms with E-state index >= 15 is 0 Å². The van der Waals surface area contributed by atoms with E-state index in [2.05, 4.69) is 5.32 Å². The Balaban J connectivity index is 0.000000191. The number of benzene rings is 1. The number of hydrogen-bond donors (Lipinski definition) is 2. The second-order valence-corrected chi connectivity index (χ2v) is 4.77. The van der Waals surface area contributed by atoms with Crippen LogP contribution >= 0.6 is 0 Å². The average molecular weight is 262 g/mol. The molecule has 0 aliphatic heterocycles. The van der Waals surface area contributed by atoms with Crippen molar-refractivity contribution in [1.82, 2.24) is 5.32 Å². The average Bonchev–Trinajstić information content (AvgIpc) is 2.41. The Kier molecular flexibility index (Phi) is 6.64. The van der Waals surface area contributed by atoms with Crippen LogP contribution in [0.15, 0.2) is 30.3 Å². The second-order valence-electron chi connectivity index (χ2n) is 4.77. The van der Waals surface area contributed by atoms with E-state index in [1.54, 1.807) is 6.92 Å². The van der Waals surface area contributed by atoms with Gasteiger partial charge in [-0.05, 0) is 19.8 Å². The summed E-state index contributed by atoms with van der Waals surface area (Å²) in [6, 6.07) is 9.20. The fourth-order valence-electron chi connectivity index (χ4n) is 2.12. The summed E-state index contributed by atoms with van der Waals surface area (Å²) in [4.78, 5) is 21.0. The Morgan fingerprint density at radius 1 is 1.11 bits per heavy atom. The Bertz CT molecular complexity index is 398. The number of carbonyl (C=O) groups excluding carboxylic acids is 2. The number of amides is 2. The van der Waals surface area contributed by atoms with E-state index in [9.17, 15) is 9.59 Å². The quantitative estimate of drug-likeness (QED) is 0.804. The molecule has 3 N–H and O–H groups in total. The number of primary amides is 1. The Hall–Kier alpha value is -1.84. The molecule has 19 heavy (non-hydrogen) atoms. The first-order valence-electron chi connectivity index (χ1n) is 6.71. The SMILES string of the molecule is CC(=O)c1ccccc1.NC(=O)NC1CCCCC1. The lowest BCUT2D eigenvalue weighted by Crippen LogP contribution is -2.39. The van der Waals surface area contributed by atoms with Gasteiger partial charge in [-0.3, -0.25) is 4.79 Å². The van der Waals surface area contributed by atoms with Crippen LogP contribution in [0.25, 0.3) is 0 Å². The van der Waals surface area contributed by atoms with Gasteiger partial charge in [-0.25, -0.2) is 4.79 Å². The van der Waals surface area contributed by atoms with Crippen molar-refractivity contribution in [2.75, 3.05) is 0 Å². The van der Waals surface area contributed by atoms with Crippen molar-refractivity contribution < 1.29 is 9.59 Å². The van der Waals surface area contributed by atoms with Crippen LogP contribution in [0.1, 0.15) is 49.4 Å². The highest BCUT2D eigenvalue weighted by molar-refractivity contribution is 5.93. The monoisotopic (exact) mass is 262 g/mol. The highest BCUT2D eigenvalue weighted by Gasteiger charge is 2.13. The van der Waals surface area contributed by atoms with E-state index < -0.39 is 0 Å². The molecule has 0 unspecified atom stereocenters. The minimum absolute atomic E-state index is 0.121. The summed E-state index contributed by atoms with van der Waals surface area (Å²) in [5.41, 5.74) is 5.75. The topological polar surface area (TPSA) is 72.2 Å². The van der Waals surface area contributed by atoms with Gasteiger partial charge >= 0.3 is 6.03 Å². The summed E-state index contributed by atoms with van der Waals surface area (Å²) in [5, 5.41) is 2.72. The molecule has 0 spiro atoms. The van der Waals surface area contributed by atoms with Crippen LogP contribution in [0.3, 0.4) is 0 Å². The third kappa shape index (κ3) is 6.60. The fourth-order valence-corrected chi connectivity index (χ4v) is 2.12. The molecule has 0 saturated heterocycles. The van der Waals surface area contributed by atoms with Crippen LogP contribution in [0, 0.1) is 0 Å². The normalized spacial score (nSPS) is 15.0. The van der Waals surface area contributed by atoms with Gasteiger partial charge in [0.1, 0.15) is 0 Å². The predicted molar refractivity (Wildman–Crippen MR) is 76.0 cm³/mol. The van der Waals surface area contributed by atoms with Crippen LogP contribution < -0.4 is 11.1 Å². The summed E-state index contributed by atoms with van der Waals surface area (Å²) < 4.78 is 0. The maximum Gasteiger partial charge on any atom is 0.312 e. The van der Waals surface area contributed by atoms with E-state index in [1.807, 2.05) is 30.3 Å². The number of Topliss-reactive ketones (excluding diaryl/α,β-unsaturated/α-hetero) is 1. The van der Waals surface area contributed by atoms with E-state index in [1.165, 1.54) is 19.3 Å². The molecule has 2 amide bonds. The zero-order chi connectivity index (χ0) is 14.1. The van der Waals surface area contributed by atoms with Gasteiger partial charge in [0.15, 0.2) is 5.78 Å². The maximum absolute atomic E-state index is 10.6. The standard InChI is InChI=1S/C8H8O.C7H14N2O/c1-7(9)8-5-3-2-4-6-8;8-7(10)9-6-4-2-1-3-5-6/h2-6H,1H3;6H,1-5H2,(H3,8,9,10). The molecule has 1 fully saturated rings. The molecule has 4 heteroatoms. The van der Waals surface area contributed by atoms with Crippen LogP contribution in [0.2, 0.25) is 0 Å². The van der Waals surface area contributed by atoms with Gasteiger partial charge in [0, 0.05) is 11.6 Å². The third-order valence-corrected chi connectivity index (χ3v) is 3.13. The zero-order valence-electron chi connectivity index (χ0n) is 11.4. The molecule has 104 valence electrons. The molecular formula is C15H22N2O2. The Labute approximate surface area is 114 Å². The number of nitrogens with one attached hydrogen (secondary N) is 1. The van der Waals surface area contributed by atoms with Gasteiger partial charge in [0.2, 0.25) is 0 Å². The number of nitrogens with two attached hydrogens (primary N) is 1. The number of urea groups is 1. The van der Waals surface area contributed by atoms with E-state index in [4.69, 9.17) is 5.73 Å². The van der Waals surface area contributed by atoms with E-state index in [-0.39, 0.29) is 11.8 Å². The lowest BCUT2D eigenvalue weighted by molar-refractivity contribution is 0.101. The number of hydrogen-bond acceptors (Lipinski definition) is 2. The van der Waals surface area contributed by atoms with Crippen LogP contribution in [-0.2, 0) is 0 Å². The summed E-state index contributed by atoms with van der Waals surface area (Å²) in [5.74, 6) is 0.121. The second kappa shape index (κ2) is 8.29. The van der Waals surface area contributed by atoms with E-state index in [0.717, 1.165) is 18.4 Å². The van der Waals surface area contributed by atoms with E-state index in [0.29, 0.717) is 6.04 Å². The van der Waals surface area contributed by atoms with Crippen LogP contribution in [0.4, 0.5) is 4.79 Å². The van der Waals surface area contributed by atoms with Crippen molar-refractivity contribution in [2.24, 2.45) is 5.73 Å². The number of rotatable bonds is 2. The molecule has 1 aliphatic carbocycles. The minimum atomic E-state index is -0.382. The molecule has 4 nitrogen and oxygen atoms in total. The summed E-state index contributed by atoms with van der Waals surface area (Å²) >= 11 is 0. The molecule has 1 aliphatic rings. The number of ketones is 1. The highest BCUT2D eigenvalue weighted by Crippen LogP contribution is 2.16. The third-order valence-electron chi connectivity index (χ3n) is 3.13. The van der Waals surface area contributed by atoms with Gasteiger partial charge in [-0.15, -0.1) is 0 Å². The summed E-state index contributed by atoms with van der Waals surface area (Å²) in [6.45, 7) is 1.56. The molecule has 1 aromatic carbocycles. The molecule has 0 atom stereocenters. The molecule has 1 saturated carbocycles. The van der Waals surface area contributed by atoms with Crippen LogP contribution in [-0.4, -0.2) is 17.9 Å². The lowest BCUT2D eigenvalue weighted by Gasteiger charge is -2.21. The molecular weight excluding hydrogens is 240 g/mol. The van der Waals surface area contributed by atoms with Crippen molar-refractivity contribution >= 4 is 11.8 Å². The minimum Gasteiger partial charge on any atom is -0.352 e. The van der Waals surface area contributed by atoms with Gasteiger partial charge < -0.3 is 11.1 Å². The first-order chi connectivity index (χ1) is 9.09. The van der Waals surface area contributed by atoms with Gasteiger partial charge in [0.25, 0.3) is 0 Å². The number of carbonyl (C=O) groups is 2. The van der Waals surface area contributed by atoms with Gasteiger partial charge in [0.05, 0.1) is 0 Å². The summed E-state index contributed by atoms with van der Waals surface area (Å²) in [6.07, 6.45) is 5.96.